The number of halogens is 1. The summed E-state index contributed by atoms with van der Waals surface area (Å²) in [5.74, 6) is 1.55. The zero-order chi connectivity index (χ0) is 14.5. The first-order chi connectivity index (χ1) is 9.67. The third kappa shape index (κ3) is 4.48. The highest BCUT2D eigenvalue weighted by Gasteiger charge is 2.20. The fourth-order valence-corrected chi connectivity index (χ4v) is 2.50. The predicted molar refractivity (Wildman–Crippen MR) is 85.6 cm³/mol. The quantitative estimate of drug-likeness (QED) is 0.894. The molecule has 1 unspecified atom stereocenters. The summed E-state index contributed by atoms with van der Waals surface area (Å²) in [4.78, 5) is 2.37. The van der Waals surface area contributed by atoms with Crippen LogP contribution in [0, 0.1) is 6.92 Å². The van der Waals surface area contributed by atoms with Gasteiger partial charge in [-0.3, -0.25) is 4.90 Å². The minimum Gasteiger partial charge on any atom is -0.493 e. The standard InChI is InChI=1S/C15H24N2O3.ClH/c1-11-6-14(18-2)15(19-3)7-12(11)9-17-4-5-20-13(8-16)10-17;/h6-7,13H,4-5,8-10,16H2,1-3H3;1H. The van der Waals surface area contributed by atoms with Crippen LogP contribution in [0.3, 0.4) is 0 Å². The Morgan fingerprint density at radius 1 is 1.29 bits per heavy atom. The molecule has 6 heteroatoms. The van der Waals surface area contributed by atoms with Crippen LogP contribution in [0.1, 0.15) is 11.1 Å². The Bertz CT molecular complexity index is 457. The van der Waals surface area contributed by atoms with Crippen molar-refractivity contribution in [3.8, 4) is 11.5 Å². The molecule has 1 aromatic carbocycles. The van der Waals surface area contributed by atoms with Gasteiger partial charge in [-0.05, 0) is 30.2 Å². The molecule has 1 aliphatic heterocycles. The molecule has 1 saturated heterocycles. The number of ether oxygens (including phenoxy) is 3. The van der Waals surface area contributed by atoms with E-state index in [9.17, 15) is 0 Å². The van der Waals surface area contributed by atoms with Crippen molar-refractivity contribution < 1.29 is 14.2 Å². The van der Waals surface area contributed by atoms with Crippen LogP contribution in [0.5, 0.6) is 11.5 Å². The van der Waals surface area contributed by atoms with Crippen molar-refractivity contribution in [2.24, 2.45) is 5.73 Å². The van der Waals surface area contributed by atoms with Crippen LogP contribution in [0.2, 0.25) is 0 Å². The van der Waals surface area contributed by atoms with Gasteiger partial charge in [0.1, 0.15) is 0 Å². The number of methoxy groups -OCH3 is 2. The molecule has 2 rings (SSSR count). The average molecular weight is 317 g/mol. The lowest BCUT2D eigenvalue weighted by Crippen LogP contribution is -2.45. The molecule has 0 radical (unpaired) electrons. The molecule has 1 atom stereocenters. The van der Waals surface area contributed by atoms with E-state index in [4.69, 9.17) is 19.9 Å². The smallest absolute Gasteiger partial charge is 0.161 e. The Morgan fingerprint density at radius 2 is 1.95 bits per heavy atom. The van der Waals surface area contributed by atoms with Crippen molar-refractivity contribution in [2.45, 2.75) is 19.6 Å². The lowest BCUT2D eigenvalue weighted by molar-refractivity contribution is -0.0261. The molecule has 1 heterocycles. The van der Waals surface area contributed by atoms with Crippen molar-refractivity contribution in [3.05, 3.63) is 23.3 Å². The Labute approximate surface area is 132 Å². The Hall–Kier alpha value is -1.01. The second kappa shape index (κ2) is 8.44. The second-order valence-electron chi connectivity index (χ2n) is 5.10. The molecule has 0 amide bonds. The maximum absolute atomic E-state index is 5.68. The largest absolute Gasteiger partial charge is 0.493 e. The van der Waals surface area contributed by atoms with Gasteiger partial charge in [0, 0.05) is 26.2 Å². The van der Waals surface area contributed by atoms with E-state index in [0.29, 0.717) is 6.54 Å². The molecule has 21 heavy (non-hydrogen) atoms. The van der Waals surface area contributed by atoms with E-state index < -0.39 is 0 Å². The summed E-state index contributed by atoms with van der Waals surface area (Å²) < 4.78 is 16.3. The van der Waals surface area contributed by atoms with Gasteiger partial charge in [0.25, 0.3) is 0 Å². The summed E-state index contributed by atoms with van der Waals surface area (Å²) in [5, 5.41) is 0. The van der Waals surface area contributed by atoms with Gasteiger partial charge in [0.15, 0.2) is 11.5 Å². The van der Waals surface area contributed by atoms with E-state index in [0.717, 1.165) is 37.7 Å². The first kappa shape index (κ1) is 18.0. The van der Waals surface area contributed by atoms with Crippen molar-refractivity contribution >= 4 is 12.4 Å². The van der Waals surface area contributed by atoms with Crippen LogP contribution in [-0.2, 0) is 11.3 Å². The Morgan fingerprint density at radius 3 is 2.57 bits per heavy atom. The number of aryl methyl sites for hydroxylation is 1. The highest BCUT2D eigenvalue weighted by molar-refractivity contribution is 5.85. The summed E-state index contributed by atoms with van der Waals surface area (Å²) in [5.41, 5.74) is 8.14. The van der Waals surface area contributed by atoms with E-state index in [1.807, 2.05) is 6.07 Å². The summed E-state index contributed by atoms with van der Waals surface area (Å²) in [6.45, 7) is 6.11. The molecule has 1 aliphatic rings. The maximum atomic E-state index is 5.68. The molecule has 0 aromatic heterocycles. The van der Waals surface area contributed by atoms with Gasteiger partial charge in [-0.2, -0.15) is 0 Å². The number of hydrogen-bond acceptors (Lipinski definition) is 5. The summed E-state index contributed by atoms with van der Waals surface area (Å²) in [6.07, 6.45) is 0.143. The van der Waals surface area contributed by atoms with E-state index in [2.05, 4.69) is 17.9 Å². The SMILES string of the molecule is COc1cc(C)c(CN2CCOC(CN)C2)cc1OC.Cl. The monoisotopic (exact) mass is 316 g/mol. The normalized spacial score (nSPS) is 19.0. The van der Waals surface area contributed by atoms with Crippen LogP contribution in [0.25, 0.3) is 0 Å². The predicted octanol–water partition coefficient (Wildman–Crippen LogP) is 1.59. The fraction of sp³-hybridized carbons (Fsp3) is 0.600. The van der Waals surface area contributed by atoms with Crippen LogP contribution < -0.4 is 15.2 Å². The zero-order valence-corrected chi connectivity index (χ0v) is 13.7. The van der Waals surface area contributed by atoms with Gasteiger partial charge in [-0.25, -0.2) is 0 Å². The highest BCUT2D eigenvalue weighted by atomic mass is 35.5. The van der Waals surface area contributed by atoms with E-state index in [1.54, 1.807) is 14.2 Å². The summed E-state index contributed by atoms with van der Waals surface area (Å²) in [7, 11) is 3.32. The summed E-state index contributed by atoms with van der Waals surface area (Å²) >= 11 is 0. The average Bonchev–Trinajstić information content (AvgIpc) is 2.49. The minimum absolute atomic E-state index is 0. The van der Waals surface area contributed by atoms with Crippen molar-refractivity contribution in [3.63, 3.8) is 0 Å². The number of benzene rings is 1. The first-order valence-corrected chi connectivity index (χ1v) is 6.93. The molecule has 0 bridgehead atoms. The lowest BCUT2D eigenvalue weighted by Gasteiger charge is -2.32. The van der Waals surface area contributed by atoms with Gasteiger partial charge in [-0.15, -0.1) is 12.4 Å². The number of rotatable bonds is 5. The van der Waals surface area contributed by atoms with E-state index in [-0.39, 0.29) is 18.5 Å². The topological polar surface area (TPSA) is 57.0 Å². The van der Waals surface area contributed by atoms with E-state index in [1.165, 1.54) is 11.1 Å². The Balaban J connectivity index is 0.00000220. The molecule has 0 aliphatic carbocycles. The molecule has 0 spiro atoms. The van der Waals surface area contributed by atoms with Crippen LogP contribution in [0.15, 0.2) is 12.1 Å². The third-order valence-electron chi connectivity index (χ3n) is 3.72. The maximum Gasteiger partial charge on any atom is 0.161 e. The zero-order valence-electron chi connectivity index (χ0n) is 12.9. The van der Waals surface area contributed by atoms with Crippen molar-refractivity contribution in [2.75, 3.05) is 40.5 Å². The van der Waals surface area contributed by atoms with E-state index >= 15 is 0 Å². The molecule has 5 nitrogen and oxygen atoms in total. The van der Waals surface area contributed by atoms with Gasteiger partial charge in [0.2, 0.25) is 0 Å². The van der Waals surface area contributed by atoms with Crippen LogP contribution in [0.4, 0.5) is 0 Å². The number of nitrogens with two attached hydrogens (primary N) is 1. The molecule has 120 valence electrons. The molecular weight excluding hydrogens is 292 g/mol. The molecule has 0 saturated carbocycles. The van der Waals surface area contributed by atoms with Gasteiger partial charge >= 0.3 is 0 Å². The van der Waals surface area contributed by atoms with Crippen LogP contribution >= 0.6 is 12.4 Å². The minimum atomic E-state index is 0. The van der Waals surface area contributed by atoms with Crippen molar-refractivity contribution in [1.82, 2.24) is 4.90 Å². The first-order valence-electron chi connectivity index (χ1n) is 6.93. The Kier molecular flexibility index (Phi) is 7.25. The molecule has 2 N–H and O–H groups in total. The lowest BCUT2D eigenvalue weighted by atomic mass is 10.1. The van der Waals surface area contributed by atoms with Gasteiger partial charge in [-0.1, -0.05) is 0 Å². The number of morpholine rings is 1. The number of nitrogens with zero attached hydrogens (tertiary/aromatic N) is 1. The highest BCUT2D eigenvalue weighted by Crippen LogP contribution is 2.31. The summed E-state index contributed by atoms with van der Waals surface area (Å²) in [6, 6.07) is 4.08. The van der Waals surface area contributed by atoms with Gasteiger partial charge < -0.3 is 19.9 Å². The van der Waals surface area contributed by atoms with Crippen molar-refractivity contribution in [1.29, 1.82) is 0 Å². The molecular formula is C15H25ClN2O3. The van der Waals surface area contributed by atoms with Crippen LogP contribution in [-0.4, -0.2) is 51.5 Å². The van der Waals surface area contributed by atoms with Gasteiger partial charge in [0.05, 0.1) is 26.9 Å². The molecule has 1 aromatic rings. The molecule has 1 fully saturated rings. The third-order valence-corrected chi connectivity index (χ3v) is 3.72. The second-order valence-corrected chi connectivity index (χ2v) is 5.10. The number of hydrogen-bond donors (Lipinski definition) is 1. The fourth-order valence-electron chi connectivity index (χ4n) is 2.50.